The van der Waals surface area contributed by atoms with Gasteiger partial charge in [-0.05, 0) is 38.8 Å². The molecule has 118 valence electrons. The zero-order valence-electron chi connectivity index (χ0n) is 12.9. The van der Waals surface area contributed by atoms with Gasteiger partial charge in [0, 0.05) is 18.7 Å². The van der Waals surface area contributed by atoms with Gasteiger partial charge in [0.2, 0.25) is 0 Å². The molecule has 21 heavy (non-hydrogen) atoms. The van der Waals surface area contributed by atoms with E-state index in [2.05, 4.69) is 5.32 Å². The maximum absolute atomic E-state index is 13.1. The fourth-order valence-electron chi connectivity index (χ4n) is 1.77. The van der Waals surface area contributed by atoms with Crippen LogP contribution in [0.25, 0.3) is 0 Å². The molecule has 1 aromatic carbocycles. The lowest BCUT2D eigenvalue weighted by Gasteiger charge is -2.21. The first-order valence-corrected chi connectivity index (χ1v) is 6.76. The van der Waals surface area contributed by atoms with E-state index < -0.39 is 11.7 Å². The first-order chi connectivity index (χ1) is 9.71. The Hall–Kier alpha value is -1.82. The van der Waals surface area contributed by atoms with Gasteiger partial charge in [0.25, 0.3) is 0 Å². The van der Waals surface area contributed by atoms with Gasteiger partial charge in [0.1, 0.15) is 17.2 Å². The van der Waals surface area contributed by atoms with Crippen LogP contribution in [0.1, 0.15) is 26.3 Å². The first kappa shape index (κ1) is 17.2. The van der Waals surface area contributed by atoms with Crippen LogP contribution in [0.2, 0.25) is 0 Å². The minimum atomic E-state index is -0.547. The highest BCUT2D eigenvalue weighted by atomic mass is 19.1. The number of nitrogens with one attached hydrogen (secondary N) is 1. The number of methoxy groups -OCH3 is 1. The quantitative estimate of drug-likeness (QED) is 0.874. The van der Waals surface area contributed by atoms with E-state index in [4.69, 9.17) is 15.2 Å². The molecule has 0 saturated heterocycles. The Bertz CT molecular complexity index is 486. The van der Waals surface area contributed by atoms with Crippen molar-refractivity contribution in [3.8, 4) is 5.75 Å². The van der Waals surface area contributed by atoms with Crippen molar-refractivity contribution in [3.05, 3.63) is 29.6 Å². The van der Waals surface area contributed by atoms with Crippen LogP contribution < -0.4 is 15.8 Å². The molecule has 0 aliphatic heterocycles. The van der Waals surface area contributed by atoms with Crippen LogP contribution in [0.4, 0.5) is 9.18 Å². The zero-order chi connectivity index (χ0) is 16.0. The van der Waals surface area contributed by atoms with Crippen LogP contribution in [0, 0.1) is 5.82 Å². The average molecular weight is 298 g/mol. The number of halogens is 1. The van der Waals surface area contributed by atoms with Crippen molar-refractivity contribution in [2.75, 3.05) is 13.7 Å². The Morgan fingerprint density at radius 1 is 1.43 bits per heavy atom. The van der Waals surface area contributed by atoms with Gasteiger partial charge in [0.05, 0.1) is 7.11 Å². The molecule has 1 aromatic rings. The highest BCUT2D eigenvalue weighted by Gasteiger charge is 2.17. The fourth-order valence-corrected chi connectivity index (χ4v) is 1.77. The van der Waals surface area contributed by atoms with E-state index in [0.717, 1.165) is 5.56 Å². The Kier molecular flexibility index (Phi) is 5.96. The maximum atomic E-state index is 13.1. The second-order valence-corrected chi connectivity index (χ2v) is 5.80. The van der Waals surface area contributed by atoms with Gasteiger partial charge in [-0.15, -0.1) is 0 Å². The summed E-state index contributed by atoms with van der Waals surface area (Å²) in [5.74, 6) is 0.0822. The van der Waals surface area contributed by atoms with Gasteiger partial charge in [-0.25, -0.2) is 9.18 Å². The Balaban J connectivity index is 2.51. The number of nitrogens with two attached hydrogens (primary N) is 1. The molecule has 0 radical (unpaired) electrons. The topological polar surface area (TPSA) is 73.6 Å². The molecule has 3 N–H and O–H groups in total. The Morgan fingerprint density at radius 3 is 2.67 bits per heavy atom. The van der Waals surface area contributed by atoms with E-state index >= 15 is 0 Å². The fraction of sp³-hybridized carbons (Fsp3) is 0.533. The standard InChI is InChI=1S/C15H23FN2O3/c1-15(2,3)21-14(19)18-9-12(17)7-10-5-6-11(16)8-13(10)20-4/h5-6,8,12H,7,9,17H2,1-4H3,(H,18,19). The first-order valence-electron chi connectivity index (χ1n) is 6.76. The highest BCUT2D eigenvalue weighted by molar-refractivity contribution is 5.67. The second-order valence-electron chi connectivity index (χ2n) is 5.80. The van der Waals surface area contributed by atoms with Gasteiger partial charge >= 0.3 is 6.09 Å². The normalized spacial score (nSPS) is 12.7. The van der Waals surface area contributed by atoms with Gasteiger partial charge in [-0.2, -0.15) is 0 Å². The molecule has 0 spiro atoms. The van der Waals surface area contributed by atoms with E-state index in [9.17, 15) is 9.18 Å². The summed E-state index contributed by atoms with van der Waals surface area (Å²) in [6.07, 6.45) is -0.0526. The summed E-state index contributed by atoms with van der Waals surface area (Å²) in [6.45, 7) is 5.62. The van der Waals surface area contributed by atoms with Gasteiger partial charge in [-0.1, -0.05) is 6.07 Å². The SMILES string of the molecule is COc1cc(F)ccc1CC(N)CNC(=O)OC(C)(C)C. The number of carbonyl (C=O) groups excluding carboxylic acids is 1. The molecule has 0 aliphatic carbocycles. The monoisotopic (exact) mass is 298 g/mol. The number of hydrogen-bond acceptors (Lipinski definition) is 4. The van der Waals surface area contributed by atoms with Crippen LogP contribution >= 0.6 is 0 Å². The van der Waals surface area contributed by atoms with Crippen LogP contribution in [-0.2, 0) is 11.2 Å². The van der Waals surface area contributed by atoms with Gasteiger partial charge in [0.15, 0.2) is 0 Å². The minimum Gasteiger partial charge on any atom is -0.496 e. The van der Waals surface area contributed by atoms with Crippen molar-refractivity contribution in [1.82, 2.24) is 5.32 Å². The van der Waals surface area contributed by atoms with Gasteiger partial charge < -0.3 is 20.5 Å². The van der Waals surface area contributed by atoms with Crippen molar-refractivity contribution in [2.24, 2.45) is 5.73 Å². The van der Waals surface area contributed by atoms with E-state index in [1.165, 1.54) is 19.2 Å². The van der Waals surface area contributed by atoms with Crippen LogP contribution in [0.5, 0.6) is 5.75 Å². The van der Waals surface area contributed by atoms with E-state index in [0.29, 0.717) is 12.2 Å². The van der Waals surface area contributed by atoms with E-state index in [-0.39, 0.29) is 18.4 Å². The molecule has 1 rings (SSSR count). The number of carbonyl (C=O) groups is 1. The predicted octanol–water partition coefficient (Wildman–Crippen LogP) is 2.23. The Labute approximate surface area is 124 Å². The summed E-state index contributed by atoms with van der Waals surface area (Å²) in [7, 11) is 1.47. The van der Waals surface area contributed by atoms with Crippen LogP contribution in [-0.4, -0.2) is 31.4 Å². The molecule has 1 atom stereocenters. The molecule has 0 bridgehead atoms. The number of ether oxygens (including phenoxy) is 2. The van der Waals surface area contributed by atoms with Crippen LogP contribution in [0.15, 0.2) is 18.2 Å². The summed E-state index contributed by atoms with van der Waals surface area (Å²) in [5, 5.41) is 2.61. The zero-order valence-corrected chi connectivity index (χ0v) is 12.9. The van der Waals surface area contributed by atoms with E-state index in [1.807, 2.05) is 0 Å². The second kappa shape index (κ2) is 7.26. The smallest absolute Gasteiger partial charge is 0.407 e. The predicted molar refractivity (Wildman–Crippen MR) is 78.9 cm³/mol. The molecule has 0 heterocycles. The summed E-state index contributed by atoms with van der Waals surface area (Å²) >= 11 is 0. The summed E-state index contributed by atoms with van der Waals surface area (Å²) in [6, 6.07) is 3.97. The number of benzene rings is 1. The molecular weight excluding hydrogens is 275 g/mol. The van der Waals surface area contributed by atoms with Crippen molar-refractivity contribution < 1.29 is 18.7 Å². The lowest BCUT2D eigenvalue weighted by molar-refractivity contribution is 0.0524. The molecule has 1 unspecified atom stereocenters. The molecule has 1 amide bonds. The highest BCUT2D eigenvalue weighted by Crippen LogP contribution is 2.20. The van der Waals surface area contributed by atoms with Crippen molar-refractivity contribution in [2.45, 2.75) is 38.8 Å². The van der Waals surface area contributed by atoms with Crippen molar-refractivity contribution >= 4 is 6.09 Å². The third-order valence-electron chi connectivity index (χ3n) is 2.64. The summed E-state index contributed by atoms with van der Waals surface area (Å²) < 4.78 is 23.3. The molecular formula is C15H23FN2O3. The number of amides is 1. The number of rotatable bonds is 5. The van der Waals surface area contributed by atoms with Crippen LogP contribution in [0.3, 0.4) is 0 Å². The minimum absolute atomic E-state index is 0.259. The molecule has 0 aromatic heterocycles. The molecule has 0 aliphatic rings. The number of alkyl carbamates (subject to hydrolysis) is 1. The number of hydrogen-bond donors (Lipinski definition) is 2. The molecule has 5 nitrogen and oxygen atoms in total. The molecule has 0 saturated carbocycles. The maximum Gasteiger partial charge on any atom is 0.407 e. The van der Waals surface area contributed by atoms with Crippen molar-refractivity contribution in [3.63, 3.8) is 0 Å². The average Bonchev–Trinajstić information content (AvgIpc) is 2.36. The third-order valence-corrected chi connectivity index (χ3v) is 2.64. The summed E-state index contributed by atoms with van der Waals surface area (Å²) in [4.78, 5) is 11.5. The lowest BCUT2D eigenvalue weighted by atomic mass is 10.1. The largest absolute Gasteiger partial charge is 0.496 e. The van der Waals surface area contributed by atoms with E-state index in [1.54, 1.807) is 26.8 Å². The third kappa shape index (κ3) is 6.44. The van der Waals surface area contributed by atoms with Gasteiger partial charge in [-0.3, -0.25) is 0 Å². The van der Waals surface area contributed by atoms with Crippen molar-refractivity contribution in [1.29, 1.82) is 0 Å². The molecule has 0 fully saturated rings. The summed E-state index contributed by atoms with van der Waals surface area (Å²) in [5.41, 5.74) is 6.20. The molecule has 6 heteroatoms. The lowest BCUT2D eigenvalue weighted by Crippen LogP contribution is -2.41. The Morgan fingerprint density at radius 2 is 2.10 bits per heavy atom.